The number of hydrogen-bond donors (Lipinski definition) is 1. The molecule has 0 aromatic heterocycles. The van der Waals surface area contributed by atoms with Gasteiger partial charge in [-0.1, -0.05) is 44.0 Å². The summed E-state index contributed by atoms with van der Waals surface area (Å²) < 4.78 is 15.5. The summed E-state index contributed by atoms with van der Waals surface area (Å²) >= 11 is 6.72. The highest BCUT2D eigenvalue weighted by Gasteiger charge is 2.05. The van der Waals surface area contributed by atoms with Gasteiger partial charge in [-0.05, 0) is 36.8 Å². The molecular formula is C14H12Br2FN. The quantitative estimate of drug-likeness (QED) is 0.773. The summed E-state index contributed by atoms with van der Waals surface area (Å²) in [6, 6.07) is 11.0. The molecule has 2 rings (SSSR count). The Kier molecular flexibility index (Phi) is 4.40. The SMILES string of the molecule is Cc1c(Br)cccc1NCc1ccc(Br)cc1F. The largest absolute Gasteiger partial charge is 0.381 e. The molecule has 0 amide bonds. The van der Waals surface area contributed by atoms with E-state index in [-0.39, 0.29) is 5.82 Å². The van der Waals surface area contributed by atoms with E-state index >= 15 is 0 Å². The predicted molar refractivity (Wildman–Crippen MR) is 80.3 cm³/mol. The van der Waals surface area contributed by atoms with Crippen LogP contribution in [0.25, 0.3) is 0 Å². The van der Waals surface area contributed by atoms with Crippen LogP contribution in [0.1, 0.15) is 11.1 Å². The molecule has 94 valence electrons. The first-order valence-corrected chi connectivity index (χ1v) is 7.09. The van der Waals surface area contributed by atoms with Gasteiger partial charge in [0.2, 0.25) is 0 Å². The van der Waals surface area contributed by atoms with Crippen LogP contribution in [0.15, 0.2) is 45.3 Å². The summed E-state index contributed by atoms with van der Waals surface area (Å²) in [5.41, 5.74) is 2.78. The Morgan fingerprint density at radius 1 is 1.17 bits per heavy atom. The van der Waals surface area contributed by atoms with E-state index in [4.69, 9.17) is 0 Å². The number of hydrogen-bond acceptors (Lipinski definition) is 1. The highest BCUT2D eigenvalue weighted by molar-refractivity contribution is 9.10. The Bertz CT molecular complexity index is 570. The van der Waals surface area contributed by atoms with Crippen molar-refractivity contribution in [1.29, 1.82) is 0 Å². The van der Waals surface area contributed by atoms with Gasteiger partial charge < -0.3 is 5.32 Å². The second-order valence-electron chi connectivity index (χ2n) is 4.00. The van der Waals surface area contributed by atoms with Gasteiger partial charge in [0.05, 0.1) is 0 Å². The van der Waals surface area contributed by atoms with Gasteiger partial charge in [0.1, 0.15) is 5.82 Å². The summed E-state index contributed by atoms with van der Waals surface area (Å²) in [6.45, 7) is 2.49. The summed E-state index contributed by atoms with van der Waals surface area (Å²) in [5.74, 6) is -0.204. The molecule has 18 heavy (non-hydrogen) atoms. The van der Waals surface area contributed by atoms with Gasteiger partial charge in [-0.25, -0.2) is 4.39 Å². The van der Waals surface area contributed by atoms with Crippen LogP contribution in [-0.4, -0.2) is 0 Å². The van der Waals surface area contributed by atoms with Crippen LogP contribution in [0, 0.1) is 12.7 Å². The predicted octanol–water partition coefficient (Wildman–Crippen LogP) is 5.27. The third-order valence-corrected chi connectivity index (χ3v) is 4.10. The molecule has 2 aromatic rings. The molecule has 0 unspecified atom stereocenters. The third kappa shape index (κ3) is 3.12. The zero-order valence-corrected chi connectivity index (χ0v) is 13.0. The number of anilines is 1. The minimum absolute atomic E-state index is 0.204. The molecule has 0 radical (unpaired) electrons. The maximum atomic E-state index is 13.7. The Balaban J connectivity index is 2.14. The van der Waals surface area contributed by atoms with E-state index in [1.54, 1.807) is 6.07 Å². The van der Waals surface area contributed by atoms with Gasteiger partial charge in [-0.2, -0.15) is 0 Å². The Labute approximate surface area is 123 Å². The van der Waals surface area contributed by atoms with E-state index in [0.717, 1.165) is 20.2 Å². The van der Waals surface area contributed by atoms with E-state index in [9.17, 15) is 4.39 Å². The van der Waals surface area contributed by atoms with Crippen molar-refractivity contribution in [2.45, 2.75) is 13.5 Å². The maximum Gasteiger partial charge on any atom is 0.129 e. The van der Waals surface area contributed by atoms with Crippen LogP contribution < -0.4 is 5.32 Å². The van der Waals surface area contributed by atoms with E-state index in [0.29, 0.717) is 12.1 Å². The molecule has 4 heteroatoms. The molecule has 0 spiro atoms. The first-order chi connectivity index (χ1) is 8.58. The normalized spacial score (nSPS) is 10.4. The molecule has 2 aromatic carbocycles. The lowest BCUT2D eigenvalue weighted by atomic mass is 10.1. The van der Waals surface area contributed by atoms with E-state index < -0.39 is 0 Å². The molecule has 0 heterocycles. The van der Waals surface area contributed by atoms with Crippen molar-refractivity contribution in [3.8, 4) is 0 Å². The zero-order valence-electron chi connectivity index (χ0n) is 9.81. The first-order valence-electron chi connectivity index (χ1n) is 5.51. The standard InChI is InChI=1S/C14H12Br2FN/c1-9-12(16)3-2-4-14(9)18-8-10-5-6-11(15)7-13(10)17/h2-7,18H,8H2,1H3. The minimum Gasteiger partial charge on any atom is -0.381 e. The number of nitrogens with one attached hydrogen (secondary N) is 1. The van der Waals surface area contributed by atoms with Crippen LogP contribution in [0.4, 0.5) is 10.1 Å². The van der Waals surface area contributed by atoms with Gasteiger partial charge in [0.15, 0.2) is 0 Å². The molecule has 0 aliphatic carbocycles. The lowest BCUT2D eigenvalue weighted by Gasteiger charge is -2.11. The smallest absolute Gasteiger partial charge is 0.129 e. The summed E-state index contributed by atoms with van der Waals surface area (Å²) in [4.78, 5) is 0. The molecular weight excluding hydrogens is 361 g/mol. The molecule has 1 N–H and O–H groups in total. The molecule has 1 nitrogen and oxygen atoms in total. The van der Waals surface area contributed by atoms with Crippen molar-refractivity contribution in [2.75, 3.05) is 5.32 Å². The third-order valence-electron chi connectivity index (χ3n) is 2.75. The lowest BCUT2D eigenvalue weighted by molar-refractivity contribution is 0.612. The van der Waals surface area contributed by atoms with Gasteiger partial charge in [-0.15, -0.1) is 0 Å². The van der Waals surface area contributed by atoms with Crippen molar-refractivity contribution >= 4 is 37.5 Å². The highest BCUT2D eigenvalue weighted by Crippen LogP contribution is 2.24. The van der Waals surface area contributed by atoms with Crippen LogP contribution >= 0.6 is 31.9 Å². The van der Waals surface area contributed by atoms with E-state index in [1.807, 2.05) is 31.2 Å². The summed E-state index contributed by atoms with van der Waals surface area (Å²) in [5, 5.41) is 3.25. The Hall–Kier alpha value is -0.870. The van der Waals surface area contributed by atoms with Crippen molar-refractivity contribution in [2.24, 2.45) is 0 Å². The van der Waals surface area contributed by atoms with Crippen molar-refractivity contribution in [1.82, 2.24) is 0 Å². The van der Waals surface area contributed by atoms with Gasteiger partial charge >= 0.3 is 0 Å². The molecule has 0 fully saturated rings. The summed E-state index contributed by atoms with van der Waals surface area (Å²) in [6.07, 6.45) is 0. The second-order valence-corrected chi connectivity index (χ2v) is 5.77. The van der Waals surface area contributed by atoms with Crippen molar-refractivity contribution in [3.05, 3.63) is 62.3 Å². The molecule has 0 bridgehead atoms. The topological polar surface area (TPSA) is 12.0 Å². The highest BCUT2D eigenvalue weighted by atomic mass is 79.9. The average molecular weight is 373 g/mol. The lowest BCUT2D eigenvalue weighted by Crippen LogP contribution is -2.03. The van der Waals surface area contributed by atoms with Crippen LogP contribution in [0.5, 0.6) is 0 Å². The fraction of sp³-hybridized carbons (Fsp3) is 0.143. The molecule has 0 saturated heterocycles. The Morgan fingerprint density at radius 3 is 2.67 bits per heavy atom. The zero-order chi connectivity index (χ0) is 13.1. The number of halogens is 3. The molecule has 0 aliphatic heterocycles. The van der Waals surface area contributed by atoms with Crippen LogP contribution in [-0.2, 0) is 6.54 Å². The van der Waals surface area contributed by atoms with E-state index in [1.165, 1.54) is 6.07 Å². The number of benzene rings is 2. The van der Waals surface area contributed by atoms with Gasteiger partial charge in [-0.3, -0.25) is 0 Å². The van der Waals surface area contributed by atoms with E-state index in [2.05, 4.69) is 37.2 Å². The fourth-order valence-corrected chi connectivity index (χ4v) is 2.35. The average Bonchev–Trinajstić information content (AvgIpc) is 2.33. The molecule has 0 saturated carbocycles. The Morgan fingerprint density at radius 2 is 1.94 bits per heavy atom. The second kappa shape index (κ2) is 5.85. The fourth-order valence-electron chi connectivity index (χ4n) is 1.65. The van der Waals surface area contributed by atoms with Gasteiger partial charge in [0, 0.05) is 26.7 Å². The monoisotopic (exact) mass is 371 g/mol. The number of rotatable bonds is 3. The van der Waals surface area contributed by atoms with Crippen molar-refractivity contribution < 1.29 is 4.39 Å². The van der Waals surface area contributed by atoms with Crippen LogP contribution in [0.2, 0.25) is 0 Å². The van der Waals surface area contributed by atoms with Gasteiger partial charge in [0.25, 0.3) is 0 Å². The minimum atomic E-state index is -0.204. The maximum absolute atomic E-state index is 13.7. The summed E-state index contributed by atoms with van der Waals surface area (Å²) in [7, 11) is 0. The van der Waals surface area contributed by atoms with Crippen molar-refractivity contribution in [3.63, 3.8) is 0 Å². The molecule has 0 atom stereocenters. The van der Waals surface area contributed by atoms with Crippen LogP contribution in [0.3, 0.4) is 0 Å². The molecule has 0 aliphatic rings. The first kappa shape index (κ1) is 13.6.